The predicted octanol–water partition coefficient (Wildman–Crippen LogP) is 1.14. The first-order chi connectivity index (χ1) is 9.02. The minimum absolute atomic E-state index is 0.0613. The van der Waals surface area contributed by atoms with E-state index < -0.39 is 4.92 Å². The lowest BCUT2D eigenvalue weighted by Gasteiger charge is -2.05. The highest BCUT2D eigenvalue weighted by Crippen LogP contribution is 2.22. The second-order valence-electron chi connectivity index (χ2n) is 4.13. The Morgan fingerprint density at radius 2 is 2.26 bits per heavy atom. The van der Waals surface area contributed by atoms with Gasteiger partial charge in [-0.2, -0.15) is 5.10 Å². The van der Waals surface area contributed by atoms with Gasteiger partial charge in [-0.3, -0.25) is 14.8 Å². The van der Waals surface area contributed by atoms with Gasteiger partial charge in [-0.15, -0.1) is 0 Å². The average molecular weight is 262 g/mol. The van der Waals surface area contributed by atoms with E-state index in [9.17, 15) is 10.1 Å². The lowest BCUT2D eigenvalue weighted by atomic mass is 10.2. The SMILES string of the molecule is Cc1nn(Cc2ccnc(NN)c2)c(C)c1[N+](=O)[O-]. The molecule has 0 aliphatic carbocycles. The molecule has 2 heterocycles. The predicted molar refractivity (Wildman–Crippen MR) is 69.5 cm³/mol. The summed E-state index contributed by atoms with van der Waals surface area (Å²) in [6.45, 7) is 3.74. The van der Waals surface area contributed by atoms with Crippen LogP contribution in [0.5, 0.6) is 0 Å². The number of nitro groups is 1. The summed E-state index contributed by atoms with van der Waals surface area (Å²) in [5.41, 5.74) is 4.36. The van der Waals surface area contributed by atoms with E-state index in [4.69, 9.17) is 5.84 Å². The zero-order valence-corrected chi connectivity index (χ0v) is 10.6. The number of hydrogen-bond donors (Lipinski definition) is 2. The lowest BCUT2D eigenvalue weighted by Crippen LogP contribution is -2.10. The maximum atomic E-state index is 10.9. The largest absolute Gasteiger partial charge is 0.312 e. The fourth-order valence-electron chi connectivity index (χ4n) is 1.93. The normalized spacial score (nSPS) is 10.5. The molecule has 2 aromatic rings. The minimum Gasteiger partial charge on any atom is -0.308 e. The molecule has 0 amide bonds. The lowest BCUT2D eigenvalue weighted by molar-refractivity contribution is -0.386. The first-order valence-electron chi connectivity index (χ1n) is 5.63. The number of rotatable bonds is 4. The highest BCUT2D eigenvalue weighted by atomic mass is 16.6. The van der Waals surface area contributed by atoms with Gasteiger partial charge < -0.3 is 5.43 Å². The van der Waals surface area contributed by atoms with Gasteiger partial charge >= 0.3 is 5.69 Å². The van der Waals surface area contributed by atoms with Crippen LogP contribution in [0.1, 0.15) is 17.0 Å². The second-order valence-corrected chi connectivity index (χ2v) is 4.13. The summed E-state index contributed by atoms with van der Waals surface area (Å²) >= 11 is 0. The van der Waals surface area contributed by atoms with Gasteiger partial charge in [-0.1, -0.05) is 0 Å². The first-order valence-corrected chi connectivity index (χ1v) is 5.63. The fourth-order valence-corrected chi connectivity index (χ4v) is 1.93. The van der Waals surface area contributed by atoms with Crippen LogP contribution in [0, 0.1) is 24.0 Å². The molecular formula is C11H14N6O2. The van der Waals surface area contributed by atoms with Gasteiger partial charge in [0.15, 0.2) is 0 Å². The number of nitrogen functional groups attached to an aromatic ring is 1. The van der Waals surface area contributed by atoms with E-state index in [1.165, 1.54) is 0 Å². The molecule has 2 rings (SSSR count). The number of hydrogen-bond acceptors (Lipinski definition) is 6. The van der Waals surface area contributed by atoms with Crippen molar-refractivity contribution in [1.82, 2.24) is 14.8 Å². The first kappa shape index (κ1) is 13.0. The number of pyridine rings is 1. The zero-order valence-electron chi connectivity index (χ0n) is 10.6. The van der Waals surface area contributed by atoms with Crippen LogP contribution in [0.4, 0.5) is 11.5 Å². The number of nitrogens with two attached hydrogens (primary N) is 1. The van der Waals surface area contributed by atoms with E-state index in [2.05, 4.69) is 15.5 Å². The molecule has 19 heavy (non-hydrogen) atoms. The molecule has 8 nitrogen and oxygen atoms in total. The Labute approximate surface area is 109 Å². The monoisotopic (exact) mass is 262 g/mol. The maximum Gasteiger partial charge on any atom is 0.312 e. The summed E-state index contributed by atoms with van der Waals surface area (Å²) in [5, 5.41) is 15.1. The summed E-state index contributed by atoms with van der Waals surface area (Å²) in [6, 6.07) is 3.57. The molecular weight excluding hydrogens is 248 g/mol. The molecule has 0 aromatic carbocycles. The summed E-state index contributed by atoms with van der Waals surface area (Å²) < 4.78 is 1.60. The topological polar surface area (TPSA) is 112 Å². The third-order valence-corrected chi connectivity index (χ3v) is 2.83. The Bertz CT molecular complexity index is 622. The van der Waals surface area contributed by atoms with E-state index in [0.717, 1.165) is 5.56 Å². The van der Waals surface area contributed by atoms with Gasteiger partial charge in [0, 0.05) is 6.20 Å². The number of aryl methyl sites for hydroxylation is 1. The van der Waals surface area contributed by atoms with Gasteiger partial charge in [0.05, 0.1) is 11.5 Å². The van der Waals surface area contributed by atoms with E-state index >= 15 is 0 Å². The molecule has 0 saturated carbocycles. The van der Waals surface area contributed by atoms with Crippen molar-refractivity contribution in [1.29, 1.82) is 0 Å². The summed E-state index contributed by atoms with van der Waals surface area (Å²) in [5.74, 6) is 5.82. The van der Waals surface area contributed by atoms with Crippen LogP contribution in [0.2, 0.25) is 0 Å². The van der Waals surface area contributed by atoms with E-state index in [-0.39, 0.29) is 5.69 Å². The average Bonchev–Trinajstić information content (AvgIpc) is 2.64. The van der Waals surface area contributed by atoms with Gasteiger partial charge in [0.1, 0.15) is 17.2 Å². The van der Waals surface area contributed by atoms with Crippen LogP contribution in [-0.2, 0) is 6.54 Å². The molecule has 8 heteroatoms. The van der Waals surface area contributed by atoms with Crippen molar-refractivity contribution in [3.05, 3.63) is 45.4 Å². The second kappa shape index (κ2) is 5.02. The minimum atomic E-state index is -0.409. The molecule has 0 aliphatic heterocycles. The van der Waals surface area contributed by atoms with Crippen LogP contribution in [-0.4, -0.2) is 19.7 Å². The molecule has 100 valence electrons. The van der Waals surface area contributed by atoms with Crippen molar-refractivity contribution < 1.29 is 4.92 Å². The number of nitrogens with zero attached hydrogens (tertiary/aromatic N) is 4. The molecule has 0 saturated heterocycles. The third kappa shape index (κ3) is 2.52. The van der Waals surface area contributed by atoms with Crippen molar-refractivity contribution in [2.75, 3.05) is 5.43 Å². The number of nitrogens with one attached hydrogen (secondary N) is 1. The van der Waals surface area contributed by atoms with Gasteiger partial charge in [0.25, 0.3) is 0 Å². The Morgan fingerprint density at radius 1 is 1.53 bits per heavy atom. The van der Waals surface area contributed by atoms with Crippen molar-refractivity contribution in [2.45, 2.75) is 20.4 Å². The Morgan fingerprint density at radius 3 is 2.84 bits per heavy atom. The number of anilines is 1. The molecule has 0 atom stereocenters. The van der Waals surface area contributed by atoms with Crippen LogP contribution >= 0.6 is 0 Å². The molecule has 0 unspecified atom stereocenters. The highest BCUT2D eigenvalue weighted by Gasteiger charge is 2.21. The quantitative estimate of drug-likeness (QED) is 0.485. The van der Waals surface area contributed by atoms with Crippen molar-refractivity contribution in [2.24, 2.45) is 5.84 Å². The van der Waals surface area contributed by atoms with E-state index in [1.54, 1.807) is 30.8 Å². The van der Waals surface area contributed by atoms with Crippen LogP contribution in [0.25, 0.3) is 0 Å². The molecule has 0 bridgehead atoms. The Hall–Kier alpha value is -2.48. The Kier molecular flexibility index (Phi) is 3.43. The van der Waals surface area contributed by atoms with E-state index in [1.807, 2.05) is 6.07 Å². The van der Waals surface area contributed by atoms with Crippen LogP contribution < -0.4 is 11.3 Å². The number of hydrazine groups is 1. The summed E-state index contributed by atoms with van der Waals surface area (Å²) in [7, 11) is 0. The molecule has 0 fully saturated rings. The Balaban J connectivity index is 2.33. The standard InChI is InChI=1S/C11H14N6O2/c1-7-11(17(18)19)8(2)16(15-7)6-9-3-4-13-10(5-9)14-12/h3-5H,6,12H2,1-2H3,(H,13,14). The summed E-state index contributed by atoms with van der Waals surface area (Å²) in [6.07, 6.45) is 1.62. The fraction of sp³-hybridized carbons (Fsp3) is 0.273. The molecule has 3 N–H and O–H groups in total. The van der Waals surface area contributed by atoms with Crippen molar-refractivity contribution in [3.8, 4) is 0 Å². The third-order valence-electron chi connectivity index (χ3n) is 2.83. The molecule has 0 aliphatic rings. The van der Waals surface area contributed by atoms with E-state index in [0.29, 0.717) is 23.8 Å². The van der Waals surface area contributed by atoms with Gasteiger partial charge in [-0.05, 0) is 31.5 Å². The van der Waals surface area contributed by atoms with Crippen LogP contribution in [0.3, 0.4) is 0 Å². The van der Waals surface area contributed by atoms with Crippen molar-refractivity contribution >= 4 is 11.5 Å². The van der Waals surface area contributed by atoms with Crippen molar-refractivity contribution in [3.63, 3.8) is 0 Å². The smallest absolute Gasteiger partial charge is 0.308 e. The summed E-state index contributed by atoms with van der Waals surface area (Å²) in [4.78, 5) is 14.5. The molecule has 2 aromatic heterocycles. The number of aromatic nitrogens is 3. The van der Waals surface area contributed by atoms with Gasteiger partial charge in [-0.25, -0.2) is 10.8 Å². The highest BCUT2D eigenvalue weighted by molar-refractivity contribution is 5.40. The molecule has 0 spiro atoms. The zero-order chi connectivity index (χ0) is 14.0. The van der Waals surface area contributed by atoms with Gasteiger partial charge in [0.2, 0.25) is 0 Å². The van der Waals surface area contributed by atoms with Crippen LogP contribution in [0.15, 0.2) is 18.3 Å². The maximum absolute atomic E-state index is 10.9. The molecule has 0 radical (unpaired) electrons.